The van der Waals surface area contributed by atoms with Gasteiger partial charge in [-0.25, -0.2) is 15.0 Å². The van der Waals surface area contributed by atoms with Crippen LogP contribution in [-0.4, -0.2) is 27.5 Å². The number of carbonyl (C=O) groups excluding carboxylic acids is 1. The van der Waals surface area contributed by atoms with Crippen molar-refractivity contribution in [2.75, 3.05) is 17.2 Å². The molecule has 3 aromatic rings. The van der Waals surface area contributed by atoms with E-state index < -0.39 is 0 Å². The molecule has 7 heteroatoms. The van der Waals surface area contributed by atoms with Gasteiger partial charge in [0.05, 0.1) is 13.0 Å². The van der Waals surface area contributed by atoms with E-state index in [0.717, 1.165) is 22.8 Å². The Kier molecular flexibility index (Phi) is 6.89. The van der Waals surface area contributed by atoms with Crippen molar-refractivity contribution in [2.45, 2.75) is 26.3 Å². The Balaban J connectivity index is 1.53. The molecule has 0 saturated heterocycles. The monoisotopic (exact) mass is 377 g/mol. The van der Waals surface area contributed by atoms with Gasteiger partial charge in [0, 0.05) is 36.7 Å². The van der Waals surface area contributed by atoms with E-state index in [0.29, 0.717) is 31.9 Å². The van der Waals surface area contributed by atoms with Crippen molar-refractivity contribution >= 4 is 23.4 Å². The topological polar surface area (TPSA) is 89.0 Å². The van der Waals surface area contributed by atoms with Gasteiger partial charge in [-0.05, 0) is 42.8 Å². The summed E-state index contributed by atoms with van der Waals surface area (Å²) in [5, 5.41) is 6.46. The molecule has 0 unspecified atom stereocenters. The lowest BCUT2D eigenvalue weighted by Gasteiger charge is -2.09. The molecule has 0 spiro atoms. The number of anilines is 3. The van der Waals surface area contributed by atoms with Gasteiger partial charge in [0.2, 0.25) is 5.95 Å². The second kappa shape index (κ2) is 10.0. The van der Waals surface area contributed by atoms with Crippen LogP contribution in [0.4, 0.5) is 17.5 Å². The number of nitrogens with zero attached hydrogens (tertiary/aromatic N) is 3. The number of hydrogen-bond donors (Lipinski definition) is 2. The second-order valence-corrected chi connectivity index (χ2v) is 6.07. The maximum Gasteiger partial charge on any atom is 0.306 e. The molecule has 144 valence electrons. The Morgan fingerprint density at radius 3 is 2.64 bits per heavy atom. The van der Waals surface area contributed by atoms with Crippen LogP contribution in [0.3, 0.4) is 0 Å². The summed E-state index contributed by atoms with van der Waals surface area (Å²) in [6.07, 6.45) is 4.27. The summed E-state index contributed by atoms with van der Waals surface area (Å²) >= 11 is 0. The standard InChI is InChI=1S/C21H23N5O2/c1-2-28-20(27)11-10-18-12-14-23-21(26-18)25-17-8-6-16(7-9-17)15-24-19-5-3-4-13-22-19/h3-9,12-14H,2,10-11,15H2,1H3,(H,22,24)(H,23,25,26). The van der Waals surface area contributed by atoms with Crippen molar-refractivity contribution in [3.63, 3.8) is 0 Å². The van der Waals surface area contributed by atoms with Crippen LogP contribution < -0.4 is 10.6 Å². The molecular weight excluding hydrogens is 354 g/mol. The van der Waals surface area contributed by atoms with Gasteiger partial charge >= 0.3 is 5.97 Å². The summed E-state index contributed by atoms with van der Waals surface area (Å²) in [6, 6.07) is 15.6. The summed E-state index contributed by atoms with van der Waals surface area (Å²) in [4.78, 5) is 24.4. The molecule has 0 aliphatic rings. The molecule has 2 N–H and O–H groups in total. The fraction of sp³-hybridized carbons (Fsp3) is 0.238. The fourth-order valence-corrected chi connectivity index (χ4v) is 2.55. The molecule has 2 aromatic heterocycles. The van der Waals surface area contributed by atoms with Crippen LogP contribution in [0.1, 0.15) is 24.6 Å². The molecule has 0 aliphatic carbocycles. The highest BCUT2D eigenvalue weighted by Crippen LogP contribution is 2.15. The van der Waals surface area contributed by atoms with Gasteiger partial charge in [-0.2, -0.15) is 0 Å². The number of rotatable bonds is 9. The zero-order chi connectivity index (χ0) is 19.6. The Labute approximate surface area is 164 Å². The Morgan fingerprint density at radius 2 is 1.89 bits per heavy atom. The highest BCUT2D eigenvalue weighted by atomic mass is 16.5. The van der Waals surface area contributed by atoms with Gasteiger partial charge in [0.1, 0.15) is 5.82 Å². The number of nitrogens with one attached hydrogen (secondary N) is 2. The normalized spacial score (nSPS) is 10.3. The van der Waals surface area contributed by atoms with Gasteiger partial charge in [-0.1, -0.05) is 18.2 Å². The predicted molar refractivity (Wildman–Crippen MR) is 108 cm³/mol. The molecule has 2 heterocycles. The largest absolute Gasteiger partial charge is 0.466 e. The molecule has 0 aliphatic heterocycles. The van der Waals surface area contributed by atoms with Crippen molar-refractivity contribution in [1.29, 1.82) is 0 Å². The van der Waals surface area contributed by atoms with Crippen LogP contribution in [-0.2, 0) is 22.5 Å². The molecular formula is C21H23N5O2. The average molecular weight is 377 g/mol. The third-order valence-electron chi connectivity index (χ3n) is 3.95. The average Bonchev–Trinajstić information content (AvgIpc) is 2.73. The molecule has 0 saturated carbocycles. The van der Waals surface area contributed by atoms with E-state index >= 15 is 0 Å². The van der Waals surface area contributed by atoms with Crippen molar-refractivity contribution < 1.29 is 9.53 Å². The van der Waals surface area contributed by atoms with Crippen LogP contribution in [0, 0.1) is 0 Å². The number of carbonyl (C=O) groups is 1. The highest BCUT2D eigenvalue weighted by Gasteiger charge is 2.05. The Morgan fingerprint density at radius 1 is 1.04 bits per heavy atom. The third kappa shape index (κ3) is 6.05. The molecule has 1 aromatic carbocycles. The van der Waals surface area contributed by atoms with Crippen LogP contribution in [0.25, 0.3) is 0 Å². The van der Waals surface area contributed by atoms with Gasteiger partial charge in [-0.15, -0.1) is 0 Å². The van der Waals surface area contributed by atoms with Crippen LogP contribution in [0.2, 0.25) is 0 Å². The summed E-state index contributed by atoms with van der Waals surface area (Å²) in [5.74, 6) is 1.13. The van der Waals surface area contributed by atoms with Crippen molar-refractivity contribution in [2.24, 2.45) is 0 Å². The minimum Gasteiger partial charge on any atom is -0.466 e. The molecule has 0 radical (unpaired) electrons. The lowest BCUT2D eigenvalue weighted by atomic mass is 10.2. The van der Waals surface area contributed by atoms with Crippen molar-refractivity contribution in [3.8, 4) is 0 Å². The number of aromatic nitrogens is 3. The maximum absolute atomic E-state index is 11.5. The molecule has 0 amide bonds. The van der Waals surface area contributed by atoms with Crippen LogP contribution in [0.5, 0.6) is 0 Å². The summed E-state index contributed by atoms with van der Waals surface area (Å²) < 4.78 is 4.94. The first-order valence-electron chi connectivity index (χ1n) is 9.21. The highest BCUT2D eigenvalue weighted by molar-refractivity contribution is 5.69. The number of pyridine rings is 1. The van der Waals surface area contributed by atoms with E-state index in [2.05, 4.69) is 25.6 Å². The molecule has 0 atom stereocenters. The summed E-state index contributed by atoms with van der Waals surface area (Å²) in [6.45, 7) is 2.88. The SMILES string of the molecule is CCOC(=O)CCc1ccnc(Nc2ccc(CNc3ccccn3)cc2)n1. The van der Waals surface area contributed by atoms with Gasteiger partial charge in [0.25, 0.3) is 0 Å². The number of ether oxygens (including phenoxy) is 1. The molecule has 28 heavy (non-hydrogen) atoms. The van der Waals surface area contributed by atoms with Crippen LogP contribution in [0.15, 0.2) is 60.9 Å². The molecule has 0 fully saturated rings. The second-order valence-electron chi connectivity index (χ2n) is 6.07. The first kappa shape index (κ1) is 19.3. The van der Waals surface area contributed by atoms with Gasteiger partial charge in [0.15, 0.2) is 0 Å². The molecule has 0 bridgehead atoms. The number of benzene rings is 1. The first-order valence-corrected chi connectivity index (χ1v) is 9.21. The number of aryl methyl sites for hydroxylation is 1. The van der Waals surface area contributed by atoms with E-state index in [9.17, 15) is 4.79 Å². The number of esters is 1. The van der Waals surface area contributed by atoms with E-state index in [-0.39, 0.29) is 5.97 Å². The summed E-state index contributed by atoms with van der Waals surface area (Å²) in [5.41, 5.74) is 2.83. The Bertz CT molecular complexity index is 885. The first-order chi connectivity index (χ1) is 13.7. The maximum atomic E-state index is 11.5. The predicted octanol–water partition coefficient (Wildman–Crippen LogP) is 3.72. The fourth-order valence-electron chi connectivity index (χ4n) is 2.55. The van der Waals surface area contributed by atoms with E-state index in [1.165, 1.54) is 0 Å². The Hall–Kier alpha value is -3.48. The number of hydrogen-bond acceptors (Lipinski definition) is 7. The minimum absolute atomic E-state index is 0.217. The minimum atomic E-state index is -0.217. The van der Waals surface area contributed by atoms with Crippen molar-refractivity contribution in [3.05, 3.63) is 72.2 Å². The molecule has 3 rings (SSSR count). The smallest absolute Gasteiger partial charge is 0.306 e. The summed E-state index contributed by atoms with van der Waals surface area (Å²) in [7, 11) is 0. The quantitative estimate of drug-likeness (QED) is 0.549. The zero-order valence-corrected chi connectivity index (χ0v) is 15.8. The zero-order valence-electron chi connectivity index (χ0n) is 15.8. The van der Waals surface area contributed by atoms with Crippen LogP contribution >= 0.6 is 0 Å². The third-order valence-corrected chi connectivity index (χ3v) is 3.95. The lowest BCUT2D eigenvalue weighted by molar-refractivity contribution is -0.143. The lowest BCUT2D eigenvalue weighted by Crippen LogP contribution is -2.07. The van der Waals surface area contributed by atoms with Gasteiger partial charge < -0.3 is 15.4 Å². The van der Waals surface area contributed by atoms with E-state index in [4.69, 9.17) is 4.74 Å². The van der Waals surface area contributed by atoms with E-state index in [1.807, 2.05) is 42.5 Å². The van der Waals surface area contributed by atoms with Crippen molar-refractivity contribution in [1.82, 2.24) is 15.0 Å². The van der Waals surface area contributed by atoms with Gasteiger partial charge in [-0.3, -0.25) is 4.79 Å². The van der Waals surface area contributed by atoms with E-state index in [1.54, 1.807) is 25.4 Å². The molecule has 7 nitrogen and oxygen atoms in total.